The number of aliphatic hydroxyl groups excluding tert-OH is 1. The van der Waals surface area contributed by atoms with Crippen molar-refractivity contribution >= 4 is 0 Å². The van der Waals surface area contributed by atoms with Gasteiger partial charge >= 0.3 is 0 Å². The second-order valence-electron chi connectivity index (χ2n) is 3.40. The summed E-state index contributed by atoms with van der Waals surface area (Å²) in [5.74, 6) is -0.354. The van der Waals surface area contributed by atoms with Gasteiger partial charge in [0.25, 0.3) is 0 Å². The number of aliphatic hydroxyl groups is 1. The predicted molar refractivity (Wildman–Crippen MR) is 44.3 cm³/mol. The van der Waals surface area contributed by atoms with E-state index in [-0.39, 0.29) is 12.4 Å². The third kappa shape index (κ3) is 1.80. The highest BCUT2D eigenvalue weighted by Gasteiger charge is 2.20. The zero-order valence-electron chi connectivity index (χ0n) is 7.21. The Morgan fingerprint density at radius 3 is 2.58 bits per heavy atom. The molecule has 3 heteroatoms. The van der Waals surface area contributed by atoms with Crippen LogP contribution in [-0.4, -0.2) is 16.7 Å². The van der Waals surface area contributed by atoms with Crippen molar-refractivity contribution in [2.45, 2.75) is 19.3 Å². The molecular formula is C9H12FNO. The molecule has 0 bridgehead atoms. The van der Waals surface area contributed by atoms with E-state index >= 15 is 0 Å². The number of rotatable bonds is 2. The van der Waals surface area contributed by atoms with Gasteiger partial charge in [0.15, 0.2) is 0 Å². The standard InChI is InChI=1S/C9H12FNO/c1-9(2,6-12)8-4-3-7(10)5-11-8/h3-5,12H,6H2,1-2H3. The maximum atomic E-state index is 12.5. The van der Waals surface area contributed by atoms with E-state index in [0.717, 1.165) is 6.20 Å². The Morgan fingerprint density at radius 1 is 1.50 bits per heavy atom. The van der Waals surface area contributed by atoms with Gasteiger partial charge in [0, 0.05) is 11.1 Å². The number of nitrogens with zero attached hydrogens (tertiary/aromatic N) is 1. The van der Waals surface area contributed by atoms with Crippen LogP contribution in [0, 0.1) is 5.82 Å². The Balaban J connectivity index is 2.96. The Kier molecular flexibility index (Phi) is 2.43. The lowest BCUT2D eigenvalue weighted by molar-refractivity contribution is 0.215. The fraction of sp³-hybridized carbons (Fsp3) is 0.444. The average Bonchev–Trinajstić information content (AvgIpc) is 2.05. The zero-order valence-corrected chi connectivity index (χ0v) is 7.21. The van der Waals surface area contributed by atoms with Gasteiger partial charge < -0.3 is 5.11 Å². The van der Waals surface area contributed by atoms with Gasteiger partial charge in [0.05, 0.1) is 12.8 Å². The van der Waals surface area contributed by atoms with Gasteiger partial charge in [-0.25, -0.2) is 4.39 Å². The third-order valence-electron chi connectivity index (χ3n) is 1.82. The zero-order chi connectivity index (χ0) is 9.19. The largest absolute Gasteiger partial charge is 0.395 e. The van der Waals surface area contributed by atoms with E-state index in [9.17, 15) is 4.39 Å². The molecule has 0 unspecified atom stereocenters. The molecule has 1 rings (SSSR count). The molecule has 0 spiro atoms. The molecule has 0 amide bonds. The van der Waals surface area contributed by atoms with E-state index in [4.69, 9.17) is 5.11 Å². The van der Waals surface area contributed by atoms with Gasteiger partial charge in [0.1, 0.15) is 5.82 Å². The van der Waals surface area contributed by atoms with Crippen molar-refractivity contribution in [1.82, 2.24) is 4.98 Å². The van der Waals surface area contributed by atoms with Crippen LogP contribution in [0.4, 0.5) is 4.39 Å². The summed E-state index contributed by atoms with van der Waals surface area (Å²) in [5, 5.41) is 8.98. The molecule has 1 N–H and O–H groups in total. The highest BCUT2D eigenvalue weighted by molar-refractivity contribution is 5.14. The second-order valence-corrected chi connectivity index (χ2v) is 3.40. The minimum absolute atomic E-state index is 0.00559. The van der Waals surface area contributed by atoms with Crippen molar-refractivity contribution in [3.8, 4) is 0 Å². The highest BCUT2D eigenvalue weighted by Crippen LogP contribution is 2.19. The summed E-state index contributed by atoms with van der Waals surface area (Å²) in [4.78, 5) is 3.89. The summed E-state index contributed by atoms with van der Waals surface area (Å²) in [6, 6.07) is 2.94. The van der Waals surface area contributed by atoms with Crippen molar-refractivity contribution in [3.05, 3.63) is 29.8 Å². The molecule has 0 fully saturated rings. The number of hydrogen-bond acceptors (Lipinski definition) is 2. The van der Waals surface area contributed by atoms with E-state index in [0.29, 0.717) is 5.69 Å². The van der Waals surface area contributed by atoms with E-state index in [1.807, 2.05) is 13.8 Å². The van der Waals surface area contributed by atoms with Crippen LogP contribution >= 0.6 is 0 Å². The fourth-order valence-corrected chi connectivity index (χ4v) is 0.857. The minimum atomic E-state index is -0.395. The molecule has 1 heterocycles. The summed E-state index contributed by atoms with van der Waals surface area (Å²) in [7, 11) is 0. The maximum absolute atomic E-state index is 12.5. The van der Waals surface area contributed by atoms with Crippen LogP contribution in [0.2, 0.25) is 0 Å². The predicted octanol–water partition coefficient (Wildman–Crippen LogP) is 1.49. The van der Waals surface area contributed by atoms with Crippen LogP contribution in [0.1, 0.15) is 19.5 Å². The molecule has 0 aliphatic rings. The van der Waals surface area contributed by atoms with Crippen molar-refractivity contribution < 1.29 is 9.50 Å². The molecule has 0 aliphatic heterocycles. The fourth-order valence-electron chi connectivity index (χ4n) is 0.857. The summed E-state index contributed by atoms with van der Waals surface area (Å²) in [6.07, 6.45) is 1.16. The molecule has 0 saturated heterocycles. The lowest BCUT2D eigenvalue weighted by Gasteiger charge is -2.20. The Labute approximate surface area is 71.1 Å². The lowest BCUT2D eigenvalue weighted by atomic mass is 9.90. The summed E-state index contributed by atoms with van der Waals surface area (Å²) >= 11 is 0. The molecular weight excluding hydrogens is 157 g/mol. The van der Waals surface area contributed by atoms with Gasteiger partial charge in [-0.2, -0.15) is 0 Å². The quantitative estimate of drug-likeness (QED) is 0.727. The van der Waals surface area contributed by atoms with Gasteiger partial charge in [0.2, 0.25) is 0 Å². The van der Waals surface area contributed by atoms with Gasteiger partial charge in [-0.1, -0.05) is 13.8 Å². The topological polar surface area (TPSA) is 33.1 Å². The Bertz CT molecular complexity index is 256. The monoisotopic (exact) mass is 169 g/mol. The van der Waals surface area contributed by atoms with Crippen molar-refractivity contribution in [2.75, 3.05) is 6.61 Å². The normalized spacial score (nSPS) is 11.7. The molecule has 0 atom stereocenters. The molecule has 0 saturated carbocycles. The molecule has 1 aromatic heterocycles. The van der Waals surface area contributed by atoms with Crippen LogP contribution in [-0.2, 0) is 5.41 Å². The average molecular weight is 169 g/mol. The number of aromatic nitrogens is 1. The van der Waals surface area contributed by atoms with Crippen molar-refractivity contribution in [1.29, 1.82) is 0 Å². The SMILES string of the molecule is CC(C)(CO)c1ccc(F)cn1. The Morgan fingerprint density at radius 2 is 2.17 bits per heavy atom. The van der Waals surface area contributed by atoms with E-state index in [1.165, 1.54) is 6.07 Å². The van der Waals surface area contributed by atoms with Crippen LogP contribution in [0.5, 0.6) is 0 Å². The van der Waals surface area contributed by atoms with Crippen molar-refractivity contribution in [3.63, 3.8) is 0 Å². The van der Waals surface area contributed by atoms with Crippen molar-refractivity contribution in [2.24, 2.45) is 0 Å². The lowest BCUT2D eigenvalue weighted by Crippen LogP contribution is -2.23. The first kappa shape index (κ1) is 9.13. The molecule has 0 aromatic carbocycles. The molecule has 0 radical (unpaired) electrons. The van der Waals surface area contributed by atoms with Crippen LogP contribution in [0.25, 0.3) is 0 Å². The Hall–Kier alpha value is -0.960. The van der Waals surface area contributed by atoms with Gasteiger partial charge in [-0.3, -0.25) is 4.98 Å². The maximum Gasteiger partial charge on any atom is 0.141 e. The minimum Gasteiger partial charge on any atom is -0.395 e. The first-order chi connectivity index (χ1) is 5.56. The second kappa shape index (κ2) is 3.19. The molecule has 0 aliphatic carbocycles. The van der Waals surface area contributed by atoms with E-state index in [2.05, 4.69) is 4.98 Å². The van der Waals surface area contributed by atoms with Crippen LogP contribution in [0.15, 0.2) is 18.3 Å². The summed E-state index contributed by atoms with van der Waals surface area (Å²) in [6.45, 7) is 3.71. The van der Waals surface area contributed by atoms with Crippen LogP contribution < -0.4 is 0 Å². The molecule has 2 nitrogen and oxygen atoms in total. The number of hydrogen-bond donors (Lipinski definition) is 1. The summed E-state index contributed by atoms with van der Waals surface area (Å²) < 4.78 is 12.5. The first-order valence-corrected chi connectivity index (χ1v) is 3.79. The smallest absolute Gasteiger partial charge is 0.141 e. The van der Waals surface area contributed by atoms with E-state index in [1.54, 1.807) is 6.07 Å². The number of halogens is 1. The third-order valence-corrected chi connectivity index (χ3v) is 1.82. The van der Waals surface area contributed by atoms with Crippen LogP contribution in [0.3, 0.4) is 0 Å². The molecule has 12 heavy (non-hydrogen) atoms. The molecule has 66 valence electrons. The van der Waals surface area contributed by atoms with Gasteiger partial charge in [-0.05, 0) is 12.1 Å². The van der Waals surface area contributed by atoms with E-state index < -0.39 is 5.41 Å². The number of pyridine rings is 1. The first-order valence-electron chi connectivity index (χ1n) is 3.79. The highest BCUT2D eigenvalue weighted by atomic mass is 19.1. The summed E-state index contributed by atoms with van der Waals surface area (Å²) in [5.41, 5.74) is 0.305. The van der Waals surface area contributed by atoms with Gasteiger partial charge in [-0.15, -0.1) is 0 Å². The molecule has 1 aromatic rings.